The summed E-state index contributed by atoms with van der Waals surface area (Å²) in [6.07, 6.45) is 1.85. The number of ether oxygens (including phenoxy) is 1. The summed E-state index contributed by atoms with van der Waals surface area (Å²) in [6.45, 7) is 3.74. The summed E-state index contributed by atoms with van der Waals surface area (Å²) in [5, 5.41) is 4.37. The molecule has 1 aromatic carbocycles. The second kappa shape index (κ2) is 5.13. The first-order valence-corrected chi connectivity index (χ1v) is 6.32. The third-order valence-electron chi connectivity index (χ3n) is 2.74. The lowest BCUT2D eigenvalue weighted by Gasteiger charge is -2.03. The predicted octanol–water partition coefficient (Wildman–Crippen LogP) is 3.07. The van der Waals surface area contributed by atoms with Crippen molar-refractivity contribution in [1.82, 2.24) is 19.7 Å². The third-order valence-corrected chi connectivity index (χ3v) is 2.74. The van der Waals surface area contributed by atoms with E-state index in [2.05, 4.69) is 15.1 Å². The van der Waals surface area contributed by atoms with Gasteiger partial charge in [-0.3, -0.25) is 0 Å². The summed E-state index contributed by atoms with van der Waals surface area (Å²) in [4.78, 5) is 8.44. The average molecular weight is 266 g/mol. The second-order valence-corrected chi connectivity index (χ2v) is 4.43. The van der Waals surface area contributed by atoms with Gasteiger partial charge >= 0.3 is 0 Å². The Morgan fingerprint density at radius 1 is 0.950 bits per heavy atom. The summed E-state index contributed by atoms with van der Waals surface area (Å²) >= 11 is 0. The number of para-hydroxylation sites is 1. The zero-order valence-electron chi connectivity index (χ0n) is 11.3. The molecule has 2 aromatic heterocycles. The SMILES string of the molecule is Cc1cc(Oc2ccn(-c3ccccc3)n2)nc(C)n1. The smallest absolute Gasteiger partial charge is 0.240 e. The number of nitrogens with zero attached hydrogens (tertiary/aromatic N) is 4. The van der Waals surface area contributed by atoms with Gasteiger partial charge in [0.2, 0.25) is 11.8 Å². The lowest BCUT2D eigenvalue weighted by molar-refractivity contribution is 0.436. The van der Waals surface area contributed by atoms with E-state index < -0.39 is 0 Å². The fraction of sp³-hybridized carbons (Fsp3) is 0.133. The summed E-state index contributed by atoms with van der Waals surface area (Å²) in [5.74, 6) is 1.70. The molecule has 0 bridgehead atoms. The highest BCUT2D eigenvalue weighted by Gasteiger charge is 2.05. The molecule has 0 aliphatic carbocycles. The molecule has 0 aliphatic rings. The van der Waals surface area contributed by atoms with Crippen molar-refractivity contribution in [2.45, 2.75) is 13.8 Å². The molecule has 0 amide bonds. The lowest BCUT2D eigenvalue weighted by Crippen LogP contribution is -1.97. The van der Waals surface area contributed by atoms with Crippen molar-refractivity contribution in [2.75, 3.05) is 0 Å². The van der Waals surface area contributed by atoms with Crippen LogP contribution in [0.25, 0.3) is 5.69 Å². The molecule has 0 radical (unpaired) electrons. The van der Waals surface area contributed by atoms with Crippen molar-refractivity contribution < 1.29 is 4.74 Å². The maximum absolute atomic E-state index is 5.66. The van der Waals surface area contributed by atoms with Gasteiger partial charge in [-0.05, 0) is 26.0 Å². The number of aromatic nitrogens is 4. The Kier molecular flexibility index (Phi) is 3.16. The molecule has 5 nitrogen and oxygen atoms in total. The van der Waals surface area contributed by atoms with Crippen LogP contribution in [0.4, 0.5) is 0 Å². The maximum Gasteiger partial charge on any atom is 0.240 e. The summed E-state index contributed by atoms with van der Waals surface area (Å²) in [6, 6.07) is 13.5. The average Bonchev–Trinajstić information content (AvgIpc) is 2.87. The summed E-state index contributed by atoms with van der Waals surface area (Å²) < 4.78 is 7.42. The van der Waals surface area contributed by atoms with Crippen molar-refractivity contribution in [3.8, 4) is 17.4 Å². The van der Waals surface area contributed by atoms with Gasteiger partial charge in [-0.15, -0.1) is 5.10 Å². The van der Waals surface area contributed by atoms with Crippen LogP contribution in [0.5, 0.6) is 11.8 Å². The quantitative estimate of drug-likeness (QED) is 0.731. The van der Waals surface area contributed by atoms with Crippen LogP contribution in [0.15, 0.2) is 48.7 Å². The number of aryl methyl sites for hydroxylation is 2. The Bertz CT molecular complexity index is 701. The molecule has 0 saturated heterocycles. The molecule has 0 atom stereocenters. The van der Waals surface area contributed by atoms with Crippen LogP contribution in [0, 0.1) is 13.8 Å². The Hall–Kier alpha value is -2.69. The molecular weight excluding hydrogens is 252 g/mol. The van der Waals surface area contributed by atoms with E-state index in [4.69, 9.17) is 4.74 Å². The Morgan fingerprint density at radius 2 is 1.75 bits per heavy atom. The van der Waals surface area contributed by atoms with Gasteiger partial charge in [0.25, 0.3) is 0 Å². The van der Waals surface area contributed by atoms with Crippen molar-refractivity contribution >= 4 is 0 Å². The maximum atomic E-state index is 5.66. The van der Waals surface area contributed by atoms with Gasteiger partial charge in [-0.1, -0.05) is 18.2 Å². The highest BCUT2D eigenvalue weighted by atomic mass is 16.5. The Labute approximate surface area is 116 Å². The van der Waals surface area contributed by atoms with E-state index in [1.54, 1.807) is 16.8 Å². The predicted molar refractivity (Wildman–Crippen MR) is 75.1 cm³/mol. The zero-order chi connectivity index (χ0) is 13.9. The van der Waals surface area contributed by atoms with Crippen LogP contribution in [0.2, 0.25) is 0 Å². The van der Waals surface area contributed by atoms with E-state index in [0.29, 0.717) is 17.6 Å². The van der Waals surface area contributed by atoms with Crippen molar-refractivity contribution in [1.29, 1.82) is 0 Å². The molecule has 0 spiro atoms. The number of benzene rings is 1. The lowest BCUT2D eigenvalue weighted by atomic mass is 10.3. The van der Waals surface area contributed by atoms with E-state index in [1.165, 1.54) is 0 Å². The van der Waals surface area contributed by atoms with Gasteiger partial charge in [-0.2, -0.15) is 4.98 Å². The van der Waals surface area contributed by atoms with E-state index in [0.717, 1.165) is 11.4 Å². The van der Waals surface area contributed by atoms with Gasteiger partial charge < -0.3 is 4.74 Å². The van der Waals surface area contributed by atoms with Gasteiger partial charge in [-0.25, -0.2) is 9.67 Å². The number of hydrogen-bond acceptors (Lipinski definition) is 4. The fourth-order valence-corrected chi connectivity index (χ4v) is 1.93. The Morgan fingerprint density at radius 3 is 2.50 bits per heavy atom. The third kappa shape index (κ3) is 2.66. The molecule has 100 valence electrons. The van der Waals surface area contributed by atoms with Crippen LogP contribution in [0.3, 0.4) is 0 Å². The molecule has 0 unspecified atom stereocenters. The Balaban J connectivity index is 1.84. The summed E-state index contributed by atoms with van der Waals surface area (Å²) in [7, 11) is 0. The monoisotopic (exact) mass is 266 g/mol. The zero-order valence-corrected chi connectivity index (χ0v) is 11.3. The van der Waals surface area contributed by atoms with Crippen LogP contribution in [-0.4, -0.2) is 19.7 Å². The molecule has 0 aliphatic heterocycles. The molecule has 3 rings (SSSR count). The van der Waals surface area contributed by atoms with Crippen LogP contribution in [0.1, 0.15) is 11.5 Å². The molecular formula is C15H14N4O. The minimum Gasteiger partial charge on any atom is -0.419 e. The number of rotatable bonds is 3. The van der Waals surface area contributed by atoms with Crippen molar-refractivity contribution in [3.05, 3.63) is 60.2 Å². The van der Waals surface area contributed by atoms with Crippen LogP contribution >= 0.6 is 0 Å². The summed E-state index contributed by atoms with van der Waals surface area (Å²) in [5.41, 5.74) is 1.85. The topological polar surface area (TPSA) is 52.8 Å². The van der Waals surface area contributed by atoms with E-state index in [1.807, 2.05) is 50.4 Å². The van der Waals surface area contributed by atoms with Gasteiger partial charge in [0.1, 0.15) is 5.82 Å². The first-order chi connectivity index (χ1) is 9.70. The minimum atomic E-state index is 0.506. The highest BCUT2D eigenvalue weighted by Crippen LogP contribution is 2.19. The minimum absolute atomic E-state index is 0.506. The van der Waals surface area contributed by atoms with Crippen LogP contribution in [-0.2, 0) is 0 Å². The van der Waals surface area contributed by atoms with E-state index >= 15 is 0 Å². The van der Waals surface area contributed by atoms with Crippen molar-refractivity contribution in [3.63, 3.8) is 0 Å². The first kappa shape index (κ1) is 12.3. The van der Waals surface area contributed by atoms with E-state index in [9.17, 15) is 0 Å². The van der Waals surface area contributed by atoms with Gasteiger partial charge in [0.15, 0.2) is 0 Å². The standard InChI is InChI=1S/C15H14N4O/c1-11-10-15(17-12(2)16-11)20-14-8-9-19(18-14)13-6-4-3-5-7-13/h3-10H,1-2H3. The molecule has 0 saturated carbocycles. The normalized spacial score (nSPS) is 10.5. The van der Waals surface area contributed by atoms with Gasteiger partial charge in [0.05, 0.1) is 5.69 Å². The van der Waals surface area contributed by atoms with Crippen molar-refractivity contribution in [2.24, 2.45) is 0 Å². The molecule has 3 aromatic rings. The fourth-order valence-electron chi connectivity index (χ4n) is 1.93. The highest BCUT2D eigenvalue weighted by molar-refractivity contribution is 5.31. The molecule has 20 heavy (non-hydrogen) atoms. The second-order valence-electron chi connectivity index (χ2n) is 4.43. The molecule has 0 N–H and O–H groups in total. The first-order valence-electron chi connectivity index (χ1n) is 6.32. The van der Waals surface area contributed by atoms with Gasteiger partial charge in [0, 0.05) is 24.0 Å². The number of hydrogen-bond donors (Lipinski definition) is 0. The molecule has 2 heterocycles. The molecule has 5 heteroatoms. The van der Waals surface area contributed by atoms with E-state index in [-0.39, 0.29) is 0 Å². The largest absolute Gasteiger partial charge is 0.419 e. The van der Waals surface area contributed by atoms with Crippen LogP contribution < -0.4 is 4.74 Å². The molecule has 0 fully saturated rings.